The van der Waals surface area contributed by atoms with Gasteiger partial charge in [0, 0.05) is 25.4 Å². The lowest BCUT2D eigenvalue weighted by Crippen LogP contribution is -2.44. The predicted octanol–water partition coefficient (Wildman–Crippen LogP) is -0.375. The minimum Gasteiger partial charge on any atom is -0.375 e. The highest BCUT2D eigenvalue weighted by Crippen LogP contribution is 2.18. The van der Waals surface area contributed by atoms with Crippen LogP contribution in [0.4, 0.5) is 0 Å². The molecule has 7 heteroatoms. The lowest BCUT2D eigenvalue weighted by Gasteiger charge is -2.32. The molecule has 1 fully saturated rings. The van der Waals surface area contributed by atoms with Crippen molar-refractivity contribution in [2.24, 2.45) is 0 Å². The predicted molar refractivity (Wildman–Crippen MR) is 66.7 cm³/mol. The van der Waals surface area contributed by atoms with Gasteiger partial charge in [-0.3, -0.25) is 9.59 Å². The van der Waals surface area contributed by atoms with Gasteiger partial charge in [-0.15, -0.1) is 0 Å². The number of nitrogens with one attached hydrogen (secondary N) is 1. The molecule has 7 nitrogen and oxygen atoms in total. The first-order valence-corrected chi connectivity index (χ1v) is 6.06. The number of carbonyl (C=O) groups excluding carboxylic acids is 1. The van der Waals surface area contributed by atoms with Crippen molar-refractivity contribution in [1.82, 2.24) is 14.9 Å². The Morgan fingerprint density at radius 1 is 1.68 bits per heavy atom. The molecule has 19 heavy (non-hydrogen) atoms. The van der Waals surface area contributed by atoms with Gasteiger partial charge in [0.25, 0.3) is 5.56 Å². The van der Waals surface area contributed by atoms with Gasteiger partial charge in [-0.1, -0.05) is 0 Å². The van der Waals surface area contributed by atoms with E-state index in [-0.39, 0.29) is 18.1 Å². The summed E-state index contributed by atoms with van der Waals surface area (Å²) in [7, 11) is 1.48. The van der Waals surface area contributed by atoms with E-state index in [1.807, 2.05) is 0 Å². The summed E-state index contributed by atoms with van der Waals surface area (Å²) in [5, 5.41) is 0. The third-order valence-corrected chi connectivity index (χ3v) is 2.88. The van der Waals surface area contributed by atoms with Gasteiger partial charge < -0.3 is 19.4 Å². The quantitative estimate of drug-likeness (QED) is 0.807. The van der Waals surface area contributed by atoms with Crippen LogP contribution in [0.1, 0.15) is 17.6 Å². The fourth-order valence-corrected chi connectivity index (χ4v) is 2.01. The summed E-state index contributed by atoms with van der Waals surface area (Å²) in [4.78, 5) is 31.7. The number of hydrogen-bond donors (Lipinski definition) is 1. The van der Waals surface area contributed by atoms with Crippen LogP contribution in [-0.4, -0.2) is 54.2 Å². The van der Waals surface area contributed by atoms with E-state index in [2.05, 4.69) is 9.97 Å². The van der Waals surface area contributed by atoms with Gasteiger partial charge in [-0.25, -0.2) is 4.98 Å². The lowest BCUT2D eigenvalue weighted by molar-refractivity contribution is -0.143. The molecule has 1 aromatic rings. The fourth-order valence-electron chi connectivity index (χ4n) is 2.01. The molecule has 104 valence electrons. The Balaban J connectivity index is 2.12. The summed E-state index contributed by atoms with van der Waals surface area (Å²) < 4.78 is 10.4. The molecule has 2 rings (SSSR count). The Morgan fingerprint density at radius 2 is 2.47 bits per heavy atom. The minimum atomic E-state index is -0.401. The summed E-state index contributed by atoms with van der Waals surface area (Å²) in [5.41, 5.74) is 0.411. The molecular weight excluding hydrogens is 250 g/mol. The van der Waals surface area contributed by atoms with Crippen molar-refractivity contribution in [1.29, 1.82) is 0 Å². The van der Waals surface area contributed by atoms with E-state index in [1.54, 1.807) is 11.8 Å². The van der Waals surface area contributed by atoms with Gasteiger partial charge in [-0.2, -0.15) is 0 Å². The van der Waals surface area contributed by atoms with Crippen LogP contribution in [0.15, 0.2) is 10.9 Å². The topological polar surface area (TPSA) is 84.5 Å². The van der Waals surface area contributed by atoms with Crippen molar-refractivity contribution in [2.45, 2.75) is 13.0 Å². The van der Waals surface area contributed by atoms with E-state index >= 15 is 0 Å². The Bertz CT molecular complexity index is 514. The smallest absolute Gasteiger partial charge is 0.251 e. The molecule has 1 aromatic heterocycles. The van der Waals surface area contributed by atoms with E-state index in [1.165, 1.54) is 13.2 Å². The molecule has 0 aromatic carbocycles. The lowest BCUT2D eigenvalue weighted by atomic mass is 10.2. The molecule has 1 aliphatic rings. The normalized spacial score (nSPS) is 19.5. The molecular formula is C12H17N3O4. The SMILES string of the molecule is COCC(=O)N1CCO[C@@H](c2nc(C)cc(=O)[nH]2)C1. The summed E-state index contributed by atoms with van der Waals surface area (Å²) in [6, 6.07) is 1.42. The number of morpholine rings is 1. The number of aromatic amines is 1. The Kier molecular flexibility index (Phi) is 4.28. The van der Waals surface area contributed by atoms with Crippen molar-refractivity contribution in [2.75, 3.05) is 33.4 Å². The standard InChI is InChI=1S/C12H17N3O4/c1-8-5-10(16)14-12(13-8)9-6-15(3-4-19-9)11(17)7-18-2/h5,9H,3-4,6-7H2,1-2H3,(H,13,14,16)/t9-/m1/s1. The number of nitrogens with zero attached hydrogens (tertiary/aromatic N) is 2. The summed E-state index contributed by atoms with van der Waals surface area (Å²) in [6.45, 7) is 3.10. The highest BCUT2D eigenvalue weighted by atomic mass is 16.5. The monoisotopic (exact) mass is 267 g/mol. The number of amides is 1. The van der Waals surface area contributed by atoms with Crippen LogP contribution in [0.3, 0.4) is 0 Å². The highest BCUT2D eigenvalue weighted by molar-refractivity contribution is 5.77. The zero-order valence-corrected chi connectivity index (χ0v) is 11.0. The van der Waals surface area contributed by atoms with Gasteiger partial charge in [0.2, 0.25) is 5.91 Å². The first-order valence-electron chi connectivity index (χ1n) is 6.06. The van der Waals surface area contributed by atoms with E-state index in [0.29, 0.717) is 31.2 Å². The first kappa shape index (κ1) is 13.7. The minimum absolute atomic E-state index is 0.0461. The van der Waals surface area contributed by atoms with E-state index < -0.39 is 6.10 Å². The molecule has 1 atom stereocenters. The Labute approximate surface area is 110 Å². The molecule has 1 saturated heterocycles. The number of aromatic nitrogens is 2. The largest absolute Gasteiger partial charge is 0.375 e. The maximum Gasteiger partial charge on any atom is 0.251 e. The fraction of sp³-hybridized carbons (Fsp3) is 0.583. The molecule has 0 aliphatic carbocycles. The van der Waals surface area contributed by atoms with Crippen LogP contribution >= 0.6 is 0 Å². The van der Waals surface area contributed by atoms with Gasteiger partial charge >= 0.3 is 0 Å². The first-order chi connectivity index (χ1) is 9.10. The van der Waals surface area contributed by atoms with Crippen LogP contribution in [0.5, 0.6) is 0 Å². The van der Waals surface area contributed by atoms with Gasteiger partial charge in [0.1, 0.15) is 18.5 Å². The van der Waals surface area contributed by atoms with Crippen LogP contribution < -0.4 is 5.56 Å². The van der Waals surface area contributed by atoms with Gasteiger partial charge in [-0.05, 0) is 6.92 Å². The Morgan fingerprint density at radius 3 is 3.16 bits per heavy atom. The van der Waals surface area contributed by atoms with Crippen LogP contribution in [0.2, 0.25) is 0 Å². The maximum atomic E-state index is 11.8. The second-order valence-electron chi connectivity index (χ2n) is 4.40. The number of aryl methyl sites for hydroxylation is 1. The van der Waals surface area contributed by atoms with E-state index in [4.69, 9.17) is 9.47 Å². The third-order valence-electron chi connectivity index (χ3n) is 2.88. The van der Waals surface area contributed by atoms with Crippen molar-refractivity contribution in [3.8, 4) is 0 Å². The average molecular weight is 267 g/mol. The van der Waals surface area contributed by atoms with Crippen LogP contribution in [0, 0.1) is 6.92 Å². The number of H-pyrrole nitrogens is 1. The maximum absolute atomic E-state index is 11.8. The molecule has 0 spiro atoms. The number of hydrogen-bond acceptors (Lipinski definition) is 5. The van der Waals surface area contributed by atoms with E-state index in [0.717, 1.165) is 0 Å². The number of rotatable bonds is 3. The Hall–Kier alpha value is -1.73. The molecule has 1 N–H and O–H groups in total. The van der Waals surface area contributed by atoms with Crippen molar-refractivity contribution >= 4 is 5.91 Å². The average Bonchev–Trinajstić information content (AvgIpc) is 2.38. The van der Waals surface area contributed by atoms with Crippen molar-refractivity contribution in [3.05, 3.63) is 27.9 Å². The van der Waals surface area contributed by atoms with Crippen molar-refractivity contribution < 1.29 is 14.3 Å². The molecule has 0 radical (unpaired) electrons. The van der Waals surface area contributed by atoms with E-state index in [9.17, 15) is 9.59 Å². The second kappa shape index (κ2) is 5.94. The van der Waals surface area contributed by atoms with Gasteiger partial charge in [0.15, 0.2) is 0 Å². The summed E-state index contributed by atoms with van der Waals surface area (Å²) in [5.74, 6) is 0.366. The summed E-state index contributed by atoms with van der Waals surface area (Å²) >= 11 is 0. The van der Waals surface area contributed by atoms with Gasteiger partial charge in [0.05, 0.1) is 13.2 Å². The van der Waals surface area contributed by atoms with Crippen LogP contribution in [-0.2, 0) is 14.3 Å². The van der Waals surface area contributed by atoms with Crippen molar-refractivity contribution in [3.63, 3.8) is 0 Å². The number of methoxy groups -OCH3 is 1. The highest BCUT2D eigenvalue weighted by Gasteiger charge is 2.26. The molecule has 0 unspecified atom stereocenters. The number of ether oxygens (including phenoxy) is 2. The molecule has 2 heterocycles. The second-order valence-corrected chi connectivity index (χ2v) is 4.40. The third kappa shape index (κ3) is 3.39. The molecule has 0 saturated carbocycles. The zero-order valence-electron chi connectivity index (χ0n) is 11.0. The summed E-state index contributed by atoms with van der Waals surface area (Å²) in [6.07, 6.45) is -0.401. The number of carbonyl (C=O) groups is 1. The molecule has 1 amide bonds. The zero-order chi connectivity index (χ0) is 13.8. The van der Waals surface area contributed by atoms with Crippen LogP contribution in [0.25, 0.3) is 0 Å². The molecule has 0 bridgehead atoms. The molecule has 1 aliphatic heterocycles.